The van der Waals surface area contributed by atoms with Crippen molar-refractivity contribution < 1.29 is 31.2 Å². The molecule has 2 atom stereocenters. The number of benzene rings is 2. The molecule has 1 saturated heterocycles. The largest absolute Gasteiger partial charge is 0.446 e. The third kappa shape index (κ3) is 6.60. The van der Waals surface area contributed by atoms with E-state index in [1.165, 1.54) is 36.5 Å². The highest BCUT2D eigenvalue weighted by molar-refractivity contribution is 8.00. The molecule has 1 aliphatic heterocycles. The van der Waals surface area contributed by atoms with Gasteiger partial charge < -0.3 is 5.32 Å². The topological polar surface area (TPSA) is 108 Å². The van der Waals surface area contributed by atoms with Gasteiger partial charge in [-0.1, -0.05) is 37.3 Å². The summed E-state index contributed by atoms with van der Waals surface area (Å²) in [6, 6.07) is 14.9. The molecule has 1 aromatic heterocycles. The van der Waals surface area contributed by atoms with Crippen LogP contribution in [0.15, 0.2) is 77.8 Å². The SMILES string of the molecule is CC(c1ccnc(NS(=O)(=O)Cc2ccccc2)c1)C1NC(=O)N(c2ccc(SC(F)(F)F)cc2)C1=O. The van der Waals surface area contributed by atoms with E-state index in [0.717, 1.165) is 4.90 Å². The van der Waals surface area contributed by atoms with Crippen molar-refractivity contribution >= 4 is 45.2 Å². The number of carbonyl (C=O) groups is 2. The molecule has 2 N–H and O–H groups in total. The molecule has 194 valence electrons. The van der Waals surface area contributed by atoms with E-state index in [1.54, 1.807) is 43.3 Å². The van der Waals surface area contributed by atoms with Gasteiger partial charge in [-0.05, 0) is 59.3 Å². The van der Waals surface area contributed by atoms with E-state index in [0.29, 0.717) is 11.1 Å². The van der Waals surface area contributed by atoms with Crippen LogP contribution in [-0.4, -0.2) is 36.9 Å². The Morgan fingerprint density at radius 2 is 1.76 bits per heavy atom. The van der Waals surface area contributed by atoms with Crippen LogP contribution in [0, 0.1) is 0 Å². The average Bonchev–Trinajstić information content (AvgIpc) is 3.12. The van der Waals surface area contributed by atoms with E-state index in [4.69, 9.17) is 0 Å². The minimum absolute atomic E-state index is 0.0617. The second-order valence-corrected chi connectivity index (χ2v) is 11.1. The van der Waals surface area contributed by atoms with Crippen molar-refractivity contribution in [2.75, 3.05) is 9.62 Å². The molecule has 0 radical (unpaired) electrons. The number of thioether (sulfide) groups is 1. The molecule has 3 amide bonds. The quantitative estimate of drug-likeness (QED) is 0.306. The zero-order valence-electron chi connectivity index (χ0n) is 19.3. The minimum atomic E-state index is -4.46. The molecule has 2 aromatic carbocycles. The maximum atomic E-state index is 13.1. The van der Waals surface area contributed by atoms with Crippen LogP contribution in [0.1, 0.15) is 24.0 Å². The van der Waals surface area contributed by atoms with Gasteiger partial charge in [0.25, 0.3) is 5.91 Å². The lowest BCUT2D eigenvalue weighted by atomic mass is 9.94. The number of amides is 3. The Morgan fingerprint density at radius 3 is 2.41 bits per heavy atom. The molecule has 8 nitrogen and oxygen atoms in total. The molecule has 1 aliphatic rings. The number of rotatable bonds is 8. The second kappa shape index (κ2) is 10.4. The number of alkyl halides is 3. The molecule has 37 heavy (non-hydrogen) atoms. The van der Waals surface area contributed by atoms with Crippen molar-refractivity contribution in [2.24, 2.45) is 0 Å². The molecule has 0 spiro atoms. The number of hydrogen-bond acceptors (Lipinski definition) is 6. The summed E-state index contributed by atoms with van der Waals surface area (Å²) in [6.07, 6.45) is 1.39. The van der Waals surface area contributed by atoms with Gasteiger partial charge >= 0.3 is 11.5 Å². The van der Waals surface area contributed by atoms with Crippen LogP contribution >= 0.6 is 11.8 Å². The number of carbonyl (C=O) groups excluding carboxylic acids is 2. The van der Waals surface area contributed by atoms with Crippen molar-refractivity contribution in [1.29, 1.82) is 0 Å². The van der Waals surface area contributed by atoms with Crippen molar-refractivity contribution in [3.63, 3.8) is 0 Å². The number of imide groups is 1. The van der Waals surface area contributed by atoms with E-state index in [9.17, 15) is 31.2 Å². The van der Waals surface area contributed by atoms with Gasteiger partial charge in [0, 0.05) is 17.0 Å². The highest BCUT2D eigenvalue weighted by Crippen LogP contribution is 2.38. The minimum Gasteiger partial charge on any atom is -0.325 e. The zero-order chi connectivity index (χ0) is 26.8. The first-order valence-corrected chi connectivity index (χ1v) is 13.4. The number of pyridine rings is 1. The molecular formula is C24H21F3N4O4S2. The van der Waals surface area contributed by atoms with Gasteiger partial charge in [0.2, 0.25) is 10.0 Å². The summed E-state index contributed by atoms with van der Waals surface area (Å²) in [7, 11) is -3.76. The Bertz CT molecular complexity index is 1400. The number of halogens is 3. The van der Waals surface area contributed by atoms with Gasteiger partial charge in [-0.2, -0.15) is 13.2 Å². The fourth-order valence-corrected chi connectivity index (χ4v) is 5.52. The summed E-state index contributed by atoms with van der Waals surface area (Å²) < 4.78 is 65.3. The van der Waals surface area contributed by atoms with E-state index in [2.05, 4.69) is 15.0 Å². The van der Waals surface area contributed by atoms with Crippen LogP contribution in [0.3, 0.4) is 0 Å². The van der Waals surface area contributed by atoms with Crippen LogP contribution < -0.4 is 14.9 Å². The Morgan fingerprint density at radius 1 is 1.08 bits per heavy atom. The molecule has 4 rings (SSSR count). The van der Waals surface area contributed by atoms with Gasteiger partial charge in [-0.25, -0.2) is 23.1 Å². The number of anilines is 2. The number of urea groups is 1. The summed E-state index contributed by atoms with van der Waals surface area (Å²) in [6.45, 7) is 1.69. The summed E-state index contributed by atoms with van der Waals surface area (Å²) >= 11 is -0.297. The normalized spacial score (nSPS) is 17.0. The predicted molar refractivity (Wildman–Crippen MR) is 134 cm³/mol. The van der Waals surface area contributed by atoms with Crippen molar-refractivity contribution in [3.05, 3.63) is 84.1 Å². The highest BCUT2D eigenvalue weighted by Gasteiger charge is 2.42. The van der Waals surface area contributed by atoms with E-state index in [1.807, 2.05) is 0 Å². The summed E-state index contributed by atoms with van der Waals surface area (Å²) in [4.78, 5) is 30.5. The third-order valence-corrected chi connectivity index (χ3v) is 7.54. The molecule has 0 aliphatic carbocycles. The number of nitrogens with one attached hydrogen (secondary N) is 2. The monoisotopic (exact) mass is 550 g/mol. The van der Waals surface area contributed by atoms with Gasteiger partial charge in [-0.15, -0.1) is 0 Å². The Kier molecular flexibility index (Phi) is 7.46. The highest BCUT2D eigenvalue weighted by atomic mass is 32.2. The first-order chi connectivity index (χ1) is 17.4. The molecule has 2 heterocycles. The maximum Gasteiger partial charge on any atom is 0.446 e. The van der Waals surface area contributed by atoms with Gasteiger partial charge in [0.15, 0.2) is 0 Å². The molecule has 13 heteroatoms. The molecule has 2 unspecified atom stereocenters. The number of hydrogen-bond donors (Lipinski definition) is 2. The maximum absolute atomic E-state index is 13.1. The number of nitrogens with zero attached hydrogens (tertiary/aromatic N) is 2. The molecule has 1 fully saturated rings. The first kappa shape index (κ1) is 26.5. The molecule has 0 bridgehead atoms. The molecule has 3 aromatic rings. The van der Waals surface area contributed by atoms with Crippen molar-refractivity contribution in [1.82, 2.24) is 10.3 Å². The fraction of sp³-hybridized carbons (Fsp3) is 0.208. The smallest absolute Gasteiger partial charge is 0.325 e. The van der Waals surface area contributed by atoms with E-state index >= 15 is 0 Å². The van der Waals surface area contributed by atoms with Crippen molar-refractivity contribution in [2.45, 2.75) is 35.0 Å². The molecular weight excluding hydrogens is 529 g/mol. The Balaban J connectivity index is 1.47. The van der Waals surface area contributed by atoms with E-state index in [-0.39, 0.29) is 33.9 Å². The number of sulfonamides is 1. The van der Waals surface area contributed by atoms with E-state index < -0.39 is 39.4 Å². The second-order valence-electron chi connectivity index (χ2n) is 8.25. The fourth-order valence-electron chi connectivity index (χ4n) is 3.85. The summed E-state index contributed by atoms with van der Waals surface area (Å²) in [5, 5.41) is 2.60. The van der Waals surface area contributed by atoms with Gasteiger partial charge in [0.1, 0.15) is 11.9 Å². The van der Waals surface area contributed by atoms with Gasteiger partial charge in [-0.3, -0.25) is 9.52 Å². The van der Waals surface area contributed by atoms with Crippen LogP contribution in [0.4, 0.5) is 29.5 Å². The third-order valence-electron chi connectivity index (χ3n) is 5.57. The zero-order valence-corrected chi connectivity index (χ0v) is 20.9. The standard InChI is InChI=1S/C24H21F3N4O4S2/c1-15(17-11-12-28-20(13-17)30-37(34,35)14-16-5-3-2-4-6-16)21-22(32)31(23(33)29-21)18-7-9-19(10-8-18)36-24(25,26)27/h2-13,15,21H,14H2,1H3,(H,28,30)(H,29,33). The first-order valence-electron chi connectivity index (χ1n) is 10.9. The predicted octanol–water partition coefficient (Wildman–Crippen LogP) is 4.86. The van der Waals surface area contributed by atoms with Gasteiger partial charge in [0.05, 0.1) is 11.4 Å². The Labute approximate surface area is 215 Å². The number of aromatic nitrogens is 1. The summed E-state index contributed by atoms with van der Waals surface area (Å²) in [5.74, 6) is -1.34. The molecule has 0 saturated carbocycles. The van der Waals surface area contributed by atoms with Crippen molar-refractivity contribution in [3.8, 4) is 0 Å². The van der Waals surface area contributed by atoms with Crippen LogP contribution in [0.2, 0.25) is 0 Å². The lowest BCUT2D eigenvalue weighted by Crippen LogP contribution is -2.35. The average molecular weight is 551 g/mol. The van der Waals surface area contributed by atoms with Crippen LogP contribution in [-0.2, 0) is 20.6 Å². The lowest BCUT2D eigenvalue weighted by Gasteiger charge is -2.19. The Hall–Kier alpha value is -3.58. The van der Waals surface area contributed by atoms with Crippen LogP contribution in [0.25, 0.3) is 0 Å². The lowest BCUT2D eigenvalue weighted by molar-refractivity contribution is -0.118. The summed E-state index contributed by atoms with van der Waals surface area (Å²) in [5.41, 5.74) is -3.18. The van der Waals surface area contributed by atoms with Crippen LogP contribution in [0.5, 0.6) is 0 Å².